The number of rotatable bonds is 6. The van der Waals surface area contributed by atoms with Crippen molar-refractivity contribution < 1.29 is 14.3 Å². The summed E-state index contributed by atoms with van der Waals surface area (Å²) in [6.45, 7) is 5.49. The van der Waals surface area contributed by atoms with Gasteiger partial charge in [0.25, 0.3) is 0 Å². The van der Waals surface area contributed by atoms with Crippen molar-refractivity contribution in [3.05, 3.63) is 29.8 Å². The van der Waals surface area contributed by atoms with E-state index in [1.54, 1.807) is 0 Å². The minimum atomic E-state index is -0.616. The zero-order valence-corrected chi connectivity index (χ0v) is 15.5. The van der Waals surface area contributed by atoms with E-state index < -0.39 is 6.16 Å². The Bertz CT molecular complexity index is 527. The molecule has 0 N–H and O–H groups in total. The Morgan fingerprint density at radius 1 is 1.25 bits per heavy atom. The quantitative estimate of drug-likeness (QED) is 0.559. The van der Waals surface area contributed by atoms with Gasteiger partial charge in [0.2, 0.25) is 0 Å². The molecule has 1 aromatic rings. The molecule has 2 rings (SSSR count). The van der Waals surface area contributed by atoms with E-state index in [0.29, 0.717) is 30.1 Å². The van der Waals surface area contributed by atoms with Crippen molar-refractivity contribution in [2.45, 2.75) is 45.4 Å². The van der Waals surface area contributed by atoms with Crippen LogP contribution in [0.4, 0.5) is 4.79 Å². The Kier molecular flexibility index (Phi) is 7.10. The van der Waals surface area contributed by atoms with E-state index in [1.807, 2.05) is 32.0 Å². The summed E-state index contributed by atoms with van der Waals surface area (Å²) in [4.78, 5) is 14.0. The van der Waals surface area contributed by atoms with Crippen molar-refractivity contribution in [1.29, 1.82) is 0 Å². The van der Waals surface area contributed by atoms with Crippen LogP contribution in [0, 0.1) is 11.8 Å². The summed E-state index contributed by atoms with van der Waals surface area (Å²) in [5.74, 6) is 2.08. The molecule has 0 aliphatic heterocycles. The van der Waals surface area contributed by atoms with Gasteiger partial charge in [-0.25, -0.2) is 4.79 Å². The molecule has 24 heavy (non-hydrogen) atoms. The molecule has 0 bridgehead atoms. The summed E-state index contributed by atoms with van der Waals surface area (Å²) in [6, 6.07) is 7.96. The Morgan fingerprint density at radius 3 is 2.71 bits per heavy atom. The van der Waals surface area contributed by atoms with Crippen LogP contribution < -0.4 is 4.74 Å². The van der Waals surface area contributed by atoms with Crippen molar-refractivity contribution >= 4 is 6.16 Å². The average Bonchev–Trinajstić information content (AvgIpc) is 2.53. The molecule has 0 amide bonds. The van der Waals surface area contributed by atoms with E-state index in [9.17, 15) is 4.79 Å². The largest absolute Gasteiger partial charge is 0.513 e. The fraction of sp³-hybridized carbons (Fsp3) is 0.650. The number of ether oxygens (including phenoxy) is 2. The standard InChI is InChI=1S/C20H31NO3/c1-15(2)14-23-20(22)24-18-10-7-9-16(12-18)19-11-6-5-8-17(19)13-21(3)4/h7,9-10,12,15,17,19H,5-6,8,11,13-14H2,1-4H3/t17-,19+/m1/s1. The van der Waals surface area contributed by atoms with Crippen LogP contribution in [-0.4, -0.2) is 38.3 Å². The van der Waals surface area contributed by atoms with Crippen LogP contribution in [-0.2, 0) is 4.74 Å². The molecule has 0 spiro atoms. The van der Waals surface area contributed by atoms with Crippen LogP contribution in [0.1, 0.15) is 51.0 Å². The third-order valence-corrected chi connectivity index (χ3v) is 4.53. The van der Waals surface area contributed by atoms with E-state index in [0.717, 1.165) is 6.54 Å². The number of carbonyl (C=O) groups excluding carboxylic acids is 1. The van der Waals surface area contributed by atoms with E-state index in [4.69, 9.17) is 9.47 Å². The highest BCUT2D eigenvalue weighted by Crippen LogP contribution is 2.39. The van der Waals surface area contributed by atoms with Gasteiger partial charge in [0.15, 0.2) is 0 Å². The first-order valence-corrected chi connectivity index (χ1v) is 9.05. The fourth-order valence-corrected chi connectivity index (χ4v) is 3.50. The predicted octanol–water partition coefficient (Wildman–Crippen LogP) is 4.69. The Morgan fingerprint density at radius 2 is 2.00 bits per heavy atom. The summed E-state index contributed by atoms with van der Waals surface area (Å²) in [7, 11) is 4.27. The van der Waals surface area contributed by atoms with E-state index >= 15 is 0 Å². The Hall–Kier alpha value is -1.55. The lowest BCUT2D eigenvalue weighted by Crippen LogP contribution is -2.29. The Balaban J connectivity index is 2.03. The maximum atomic E-state index is 11.8. The van der Waals surface area contributed by atoms with Crippen molar-refractivity contribution in [1.82, 2.24) is 4.90 Å². The third-order valence-electron chi connectivity index (χ3n) is 4.53. The normalized spacial score (nSPS) is 21.1. The summed E-state index contributed by atoms with van der Waals surface area (Å²) in [6.07, 6.45) is 4.45. The van der Waals surface area contributed by atoms with Crippen LogP contribution in [0.2, 0.25) is 0 Å². The number of benzene rings is 1. The van der Waals surface area contributed by atoms with Gasteiger partial charge in [-0.15, -0.1) is 0 Å². The number of hydrogen-bond donors (Lipinski definition) is 0. The zero-order valence-electron chi connectivity index (χ0n) is 15.5. The average molecular weight is 333 g/mol. The van der Waals surface area contributed by atoms with Gasteiger partial charge in [-0.3, -0.25) is 0 Å². The monoisotopic (exact) mass is 333 g/mol. The molecule has 0 heterocycles. The molecular weight excluding hydrogens is 302 g/mol. The molecule has 1 fully saturated rings. The van der Waals surface area contributed by atoms with Crippen molar-refractivity contribution in [2.75, 3.05) is 27.2 Å². The van der Waals surface area contributed by atoms with Gasteiger partial charge in [0, 0.05) is 6.54 Å². The second kappa shape index (κ2) is 9.07. The van der Waals surface area contributed by atoms with E-state index in [1.165, 1.54) is 31.2 Å². The van der Waals surface area contributed by atoms with E-state index in [-0.39, 0.29) is 0 Å². The van der Waals surface area contributed by atoms with E-state index in [2.05, 4.69) is 25.1 Å². The first-order chi connectivity index (χ1) is 11.5. The lowest BCUT2D eigenvalue weighted by Gasteiger charge is -2.34. The molecule has 1 aliphatic carbocycles. The van der Waals surface area contributed by atoms with Gasteiger partial charge in [-0.1, -0.05) is 38.8 Å². The molecule has 0 saturated heterocycles. The molecular formula is C20H31NO3. The minimum Gasteiger partial charge on any atom is -0.434 e. The highest BCUT2D eigenvalue weighted by molar-refractivity contribution is 5.63. The first kappa shape index (κ1) is 18.8. The zero-order chi connectivity index (χ0) is 17.5. The van der Waals surface area contributed by atoms with Gasteiger partial charge in [-0.2, -0.15) is 0 Å². The summed E-state index contributed by atoms with van der Waals surface area (Å²) >= 11 is 0. The molecule has 134 valence electrons. The van der Waals surface area contributed by atoms with Crippen LogP contribution in [0.5, 0.6) is 5.75 Å². The minimum absolute atomic E-state index is 0.304. The second-order valence-corrected chi connectivity index (χ2v) is 7.54. The van der Waals surface area contributed by atoms with Crippen LogP contribution in [0.25, 0.3) is 0 Å². The Labute approximate surface area is 146 Å². The van der Waals surface area contributed by atoms with Crippen LogP contribution in [0.15, 0.2) is 24.3 Å². The number of carbonyl (C=O) groups is 1. The molecule has 0 unspecified atom stereocenters. The van der Waals surface area contributed by atoms with Crippen molar-refractivity contribution in [2.24, 2.45) is 11.8 Å². The fourth-order valence-electron chi connectivity index (χ4n) is 3.50. The number of nitrogens with zero attached hydrogens (tertiary/aromatic N) is 1. The molecule has 1 aliphatic rings. The van der Waals surface area contributed by atoms with Crippen LogP contribution in [0.3, 0.4) is 0 Å². The van der Waals surface area contributed by atoms with Gasteiger partial charge in [0.05, 0.1) is 6.61 Å². The first-order valence-electron chi connectivity index (χ1n) is 9.05. The summed E-state index contributed by atoms with van der Waals surface area (Å²) in [5.41, 5.74) is 1.27. The molecule has 0 radical (unpaired) electrons. The van der Waals surface area contributed by atoms with Gasteiger partial charge < -0.3 is 14.4 Å². The lowest BCUT2D eigenvalue weighted by atomic mass is 9.75. The molecule has 0 aromatic heterocycles. The van der Waals surface area contributed by atoms with Crippen LogP contribution >= 0.6 is 0 Å². The molecule has 1 saturated carbocycles. The molecule has 2 atom stereocenters. The van der Waals surface area contributed by atoms with Gasteiger partial charge in [0.1, 0.15) is 5.75 Å². The van der Waals surface area contributed by atoms with Gasteiger partial charge in [-0.05, 0) is 62.4 Å². The second-order valence-electron chi connectivity index (χ2n) is 7.54. The molecule has 4 nitrogen and oxygen atoms in total. The maximum absolute atomic E-state index is 11.8. The van der Waals surface area contributed by atoms with Gasteiger partial charge >= 0.3 is 6.16 Å². The summed E-state index contributed by atoms with van der Waals surface area (Å²) < 4.78 is 10.4. The SMILES string of the molecule is CC(C)COC(=O)Oc1cccc([C@@H]2CCCC[C@@H]2CN(C)C)c1. The molecule has 4 heteroatoms. The lowest BCUT2D eigenvalue weighted by molar-refractivity contribution is 0.0885. The maximum Gasteiger partial charge on any atom is 0.513 e. The highest BCUT2D eigenvalue weighted by atomic mass is 16.7. The van der Waals surface area contributed by atoms with Crippen molar-refractivity contribution in [3.8, 4) is 5.75 Å². The highest BCUT2D eigenvalue weighted by Gasteiger charge is 2.27. The molecule has 1 aromatic carbocycles. The third kappa shape index (κ3) is 5.82. The smallest absolute Gasteiger partial charge is 0.434 e. The topological polar surface area (TPSA) is 38.8 Å². The number of hydrogen-bond acceptors (Lipinski definition) is 4. The van der Waals surface area contributed by atoms with Crippen molar-refractivity contribution in [3.63, 3.8) is 0 Å². The predicted molar refractivity (Wildman–Crippen MR) is 96.5 cm³/mol. The summed E-state index contributed by atoms with van der Waals surface area (Å²) in [5, 5.41) is 0.